The van der Waals surface area contributed by atoms with Crippen LogP contribution in [0.25, 0.3) is 10.9 Å². The number of nitrogens with zero attached hydrogens (tertiary/aromatic N) is 2. The van der Waals surface area contributed by atoms with Gasteiger partial charge in [0.15, 0.2) is 5.82 Å². The Hall–Kier alpha value is -1.48. The third-order valence-corrected chi connectivity index (χ3v) is 1.67. The summed E-state index contributed by atoms with van der Waals surface area (Å²) in [6.07, 6.45) is 1.68. The maximum Gasteiger partial charge on any atom is 0.157 e. The fraction of sp³-hybridized carbons (Fsp3) is 0.111. The van der Waals surface area contributed by atoms with Gasteiger partial charge in [0, 0.05) is 11.6 Å². The van der Waals surface area contributed by atoms with Gasteiger partial charge < -0.3 is 0 Å². The minimum Gasteiger partial charge on any atom is -0.238 e. The molecule has 0 aliphatic carbocycles. The van der Waals surface area contributed by atoms with Crippen molar-refractivity contribution in [2.24, 2.45) is 0 Å². The first-order chi connectivity index (χ1) is 5.90. The van der Waals surface area contributed by atoms with Gasteiger partial charge >= 0.3 is 0 Å². The molecule has 59 valence electrons. The maximum absolute atomic E-state index is 10.5. The summed E-state index contributed by atoms with van der Waals surface area (Å²) in [4.78, 5) is 7.97. The van der Waals surface area contributed by atoms with E-state index >= 15 is 0 Å². The molecule has 2 aromatic rings. The molecule has 0 saturated heterocycles. The van der Waals surface area contributed by atoms with E-state index in [1.807, 2.05) is 24.3 Å². The average Bonchev–Trinajstić information content (AvgIpc) is 2.17. The molecule has 0 N–H and O–H groups in total. The topological polar surface area (TPSA) is 45.7 Å². The van der Waals surface area contributed by atoms with E-state index in [9.17, 15) is 5.11 Å². The maximum atomic E-state index is 10.5. The van der Waals surface area contributed by atoms with E-state index < -0.39 is 0 Å². The highest BCUT2D eigenvalue weighted by molar-refractivity contribution is 5.77. The number of para-hydroxylation sites is 1. The number of hydrogen-bond donors (Lipinski definition) is 0. The van der Waals surface area contributed by atoms with Crippen LogP contribution in [0.4, 0.5) is 0 Å². The molecule has 0 spiro atoms. The lowest BCUT2D eigenvalue weighted by molar-refractivity contribution is 0.170. The summed E-state index contributed by atoms with van der Waals surface area (Å²) in [6.45, 7) is -0.356. The molecule has 3 heteroatoms. The van der Waals surface area contributed by atoms with Crippen LogP contribution < -0.4 is 0 Å². The van der Waals surface area contributed by atoms with Crippen molar-refractivity contribution in [3.63, 3.8) is 0 Å². The van der Waals surface area contributed by atoms with Crippen LogP contribution in [-0.2, 0) is 11.7 Å². The number of aromatic nitrogens is 2. The first-order valence-electron chi connectivity index (χ1n) is 3.69. The molecule has 3 nitrogen and oxygen atoms in total. The van der Waals surface area contributed by atoms with Crippen LogP contribution in [0.1, 0.15) is 5.82 Å². The summed E-state index contributed by atoms with van der Waals surface area (Å²) in [5.41, 5.74) is 0.832. The second-order valence-electron chi connectivity index (χ2n) is 2.49. The zero-order chi connectivity index (χ0) is 8.39. The van der Waals surface area contributed by atoms with Gasteiger partial charge in [-0.25, -0.2) is 15.1 Å². The molecule has 1 aromatic carbocycles. The number of hydrogen-bond acceptors (Lipinski definition) is 2. The van der Waals surface area contributed by atoms with Gasteiger partial charge in [-0.3, -0.25) is 0 Å². The molecule has 1 heterocycles. The van der Waals surface area contributed by atoms with Crippen molar-refractivity contribution in [1.82, 2.24) is 9.97 Å². The predicted octanol–water partition coefficient (Wildman–Crippen LogP) is 1.56. The molecule has 2 rings (SSSR count). The Labute approximate surface area is 69.7 Å². The van der Waals surface area contributed by atoms with E-state index in [4.69, 9.17) is 0 Å². The normalized spacial score (nSPS) is 10.4. The average molecular weight is 159 g/mol. The third-order valence-electron chi connectivity index (χ3n) is 1.67. The third kappa shape index (κ3) is 1.14. The second kappa shape index (κ2) is 2.87. The Morgan fingerprint density at radius 1 is 1.25 bits per heavy atom. The highest BCUT2D eigenvalue weighted by atomic mass is 16.3. The van der Waals surface area contributed by atoms with Crippen LogP contribution in [-0.4, -0.2) is 9.97 Å². The molecule has 1 radical (unpaired) electrons. The van der Waals surface area contributed by atoms with Crippen LogP contribution in [0.3, 0.4) is 0 Å². The van der Waals surface area contributed by atoms with Gasteiger partial charge in [0.1, 0.15) is 6.61 Å². The molecule has 0 fully saturated rings. The SMILES string of the molecule is [O]Cc1ncc2ccccc2n1. The number of benzene rings is 1. The van der Waals surface area contributed by atoms with Gasteiger partial charge in [-0.15, -0.1) is 0 Å². The molecule has 0 unspecified atom stereocenters. The summed E-state index contributed by atoms with van der Waals surface area (Å²) in [7, 11) is 0. The zero-order valence-electron chi connectivity index (χ0n) is 6.40. The van der Waals surface area contributed by atoms with Crippen molar-refractivity contribution >= 4 is 10.9 Å². The summed E-state index contributed by atoms with van der Waals surface area (Å²) in [5, 5.41) is 11.4. The van der Waals surface area contributed by atoms with Gasteiger partial charge in [0.2, 0.25) is 0 Å². The fourth-order valence-corrected chi connectivity index (χ4v) is 1.08. The van der Waals surface area contributed by atoms with Gasteiger partial charge in [-0.05, 0) is 6.07 Å². The Bertz CT molecular complexity index is 400. The summed E-state index contributed by atoms with van der Waals surface area (Å²) in [5.74, 6) is 0.355. The quantitative estimate of drug-likeness (QED) is 0.633. The molecular formula is C9H7N2O. The van der Waals surface area contributed by atoms with Crippen LogP contribution in [0, 0.1) is 0 Å². The largest absolute Gasteiger partial charge is 0.238 e. The lowest BCUT2D eigenvalue weighted by Crippen LogP contribution is -1.92. The highest BCUT2D eigenvalue weighted by Gasteiger charge is 1.96. The fourth-order valence-electron chi connectivity index (χ4n) is 1.08. The van der Waals surface area contributed by atoms with Crippen molar-refractivity contribution < 1.29 is 5.11 Å². The summed E-state index contributed by atoms with van der Waals surface area (Å²) >= 11 is 0. The lowest BCUT2D eigenvalue weighted by Gasteiger charge is -1.96. The van der Waals surface area contributed by atoms with Crippen LogP contribution >= 0.6 is 0 Å². The Morgan fingerprint density at radius 2 is 2.08 bits per heavy atom. The van der Waals surface area contributed by atoms with Gasteiger partial charge in [0.25, 0.3) is 0 Å². The Balaban J connectivity index is 2.67. The van der Waals surface area contributed by atoms with Crippen LogP contribution in [0.2, 0.25) is 0 Å². The Morgan fingerprint density at radius 3 is 2.92 bits per heavy atom. The molecule has 0 amide bonds. The summed E-state index contributed by atoms with van der Waals surface area (Å²) < 4.78 is 0. The smallest absolute Gasteiger partial charge is 0.157 e. The van der Waals surface area contributed by atoms with Gasteiger partial charge in [-0.2, -0.15) is 0 Å². The predicted molar refractivity (Wildman–Crippen MR) is 43.9 cm³/mol. The van der Waals surface area contributed by atoms with Crippen LogP contribution in [0.15, 0.2) is 30.5 Å². The van der Waals surface area contributed by atoms with Crippen molar-refractivity contribution in [3.05, 3.63) is 36.3 Å². The van der Waals surface area contributed by atoms with Crippen LogP contribution in [0.5, 0.6) is 0 Å². The van der Waals surface area contributed by atoms with E-state index in [-0.39, 0.29) is 6.61 Å². The molecule has 0 bridgehead atoms. The van der Waals surface area contributed by atoms with E-state index in [2.05, 4.69) is 9.97 Å². The minimum atomic E-state index is -0.356. The van der Waals surface area contributed by atoms with E-state index in [1.54, 1.807) is 6.20 Å². The number of rotatable bonds is 1. The first-order valence-corrected chi connectivity index (χ1v) is 3.69. The van der Waals surface area contributed by atoms with Crippen molar-refractivity contribution in [3.8, 4) is 0 Å². The minimum absolute atomic E-state index is 0.355. The molecular weight excluding hydrogens is 152 g/mol. The monoisotopic (exact) mass is 159 g/mol. The first kappa shape index (κ1) is 7.18. The zero-order valence-corrected chi connectivity index (χ0v) is 6.40. The molecule has 0 aliphatic rings. The lowest BCUT2D eigenvalue weighted by atomic mass is 10.2. The number of fused-ring (bicyclic) bond motifs is 1. The van der Waals surface area contributed by atoms with E-state index in [0.29, 0.717) is 5.82 Å². The highest BCUT2D eigenvalue weighted by Crippen LogP contribution is 2.08. The van der Waals surface area contributed by atoms with Crippen molar-refractivity contribution in [1.29, 1.82) is 0 Å². The van der Waals surface area contributed by atoms with Gasteiger partial charge in [0.05, 0.1) is 5.52 Å². The molecule has 1 aromatic heterocycles. The van der Waals surface area contributed by atoms with E-state index in [0.717, 1.165) is 10.9 Å². The van der Waals surface area contributed by atoms with Crippen molar-refractivity contribution in [2.45, 2.75) is 6.61 Å². The molecule has 0 atom stereocenters. The second-order valence-corrected chi connectivity index (χ2v) is 2.49. The molecule has 0 saturated carbocycles. The van der Waals surface area contributed by atoms with Crippen molar-refractivity contribution in [2.75, 3.05) is 0 Å². The standard InChI is InChI=1S/C9H7N2O/c12-6-9-10-5-7-3-1-2-4-8(7)11-9/h1-5H,6H2. The van der Waals surface area contributed by atoms with E-state index in [1.165, 1.54) is 0 Å². The summed E-state index contributed by atoms with van der Waals surface area (Å²) in [6, 6.07) is 7.60. The molecule has 12 heavy (non-hydrogen) atoms. The molecule has 0 aliphatic heterocycles. The van der Waals surface area contributed by atoms with Gasteiger partial charge in [-0.1, -0.05) is 18.2 Å². The Kier molecular flexibility index (Phi) is 1.72.